The third-order valence-electron chi connectivity index (χ3n) is 3.92. The lowest BCUT2D eigenvalue weighted by Crippen LogP contribution is -2.53. The number of nitrogens with one attached hydrogen (secondary N) is 1. The first-order chi connectivity index (χ1) is 11.8. The maximum absolute atomic E-state index is 12.3. The summed E-state index contributed by atoms with van der Waals surface area (Å²) in [5, 5.41) is 7.53. The fourth-order valence-corrected chi connectivity index (χ4v) is 3.31. The van der Waals surface area contributed by atoms with Gasteiger partial charge >= 0.3 is 0 Å². The Morgan fingerprint density at radius 3 is 2.71 bits per heavy atom. The highest BCUT2D eigenvalue weighted by Gasteiger charge is 2.25. The van der Waals surface area contributed by atoms with Crippen molar-refractivity contribution in [3.63, 3.8) is 0 Å². The number of carbonyl (C=O) groups is 1. The summed E-state index contributed by atoms with van der Waals surface area (Å²) >= 11 is 1.69. The van der Waals surface area contributed by atoms with E-state index in [2.05, 4.69) is 34.0 Å². The molecule has 2 aromatic heterocycles. The van der Waals surface area contributed by atoms with Crippen LogP contribution in [0.1, 0.15) is 23.0 Å². The van der Waals surface area contributed by atoms with Gasteiger partial charge in [0.1, 0.15) is 0 Å². The molecule has 0 aromatic carbocycles. The average molecular weight is 346 g/mol. The van der Waals surface area contributed by atoms with E-state index in [0.717, 1.165) is 25.6 Å². The summed E-state index contributed by atoms with van der Waals surface area (Å²) in [6.07, 6.45) is 1.53. The van der Waals surface area contributed by atoms with Crippen molar-refractivity contribution < 1.29 is 9.21 Å². The van der Waals surface area contributed by atoms with Crippen molar-refractivity contribution in [2.45, 2.75) is 13.5 Å². The highest BCUT2D eigenvalue weighted by molar-refractivity contribution is 7.07. The zero-order valence-corrected chi connectivity index (χ0v) is 14.6. The second-order valence-corrected chi connectivity index (χ2v) is 6.34. The zero-order valence-electron chi connectivity index (χ0n) is 13.8. The van der Waals surface area contributed by atoms with Crippen LogP contribution in [0.3, 0.4) is 0 Å². The van der Waals surface area contributed by atoms with E-state index in [1.165, 1.54) is 11.8 Å². The van der Waals surface area contributed by atoms with E-state index in [9.17, 15) is 4.79 Å². The van der Waals surface area contributed by atoms with Gasteiger partial charge in [0.15, 0.2) is 11.7 Å². The molecule has 1 N–H and O–H groups in total. The SMILES string of the molecule is CCNC(=NCc1ccsc1)N1CCN(C(=O)c2ccco2)CC1. The summed E-state index contributed by atoms with van der Waals surface area (Å²) in [6, 6.07) is 5.54. The van der Waals surface area contributed by atoms with Crippen molar-refractivity contribution in [3.05, 3.63) is 46.5 Å². The van der Waals surface area contributed by atoms with E-state index in [0.29, 0.717) is 25.4 Å². The molecule has 1 aliphatic rings. The van der Waals surface area contributed by atoms with Gasteiger partial charge in [0.2, 0.25) is 0 Å². The first kappa shape index (κ1) is 16.6. The van der Waals surface area contributed by atoms with E-state index in [1.54, 1.807) is 23.5 Å². The Balaban J connectivity index is 1.58. The smallest absolute Gasteiger partial charge is 0.289 e. The van der Waals surface area contributed by atoms with Crippen LogP contribution in [-0.4, -0.2) is 54.4 Å². The second kappa shape index (κ2) is 8.01. The summed E-state index contributed by atoms with van der Waals surface area (Å²) in [7, 11) is 0. The van der Waals surface area contributed by atoms with E-state index in [4.69, 9.17) is 9.41 Å². The van der Waals surface area contributed by atoms with Crippen LogP contribution in [0.4, 0.5) is 0 Å². The lowest BCUT2D eigenvalue weighted by molar-refractivity contribution is 0.0657. The van der Waals surface area contributed by atoms with Crippen LogP contribution in [0.2, 0.25) is 0 Å². The van der Waals surface area contributed by atoms with Gasteiger partial charge in [-0.05, 0) is 41.4 Å². The molecular formula is C17H22N4O2S. The third kappa shape index (κ3) is 3.97. The van der Waals surface area contributed by atoms with Crippen molar-refractivity contribution >= 4 is 23.2 Å². The first-order valence-electron chi connectivity index (χ1n) is 8.15. The molecule has 1 aliphatic heterocycles. The molecule has 0 unspecified atom stereocenters. The topological polar surface area (TPSA) is 61.1 Å². The third-order valence-corrected chi connectivity index (χ3v) is 4.66. The molecule has 1 saturated heterocycles. The molecule has 0 saturated carbocycles. The summed E-state index contributed by atoms with van der Waals surface area (Å²) in [5.41, 5.74) is 1.22. The van der Waals surface area contributed by atoms with Crippen LogP contribution < -0.4 is 5.32 Å². The van der Waals surface area contributed by atoms with Crippen molar-refractivity contribution in [1.29, 1.82) is 0 Å². The molecule has 2 aromatic rings. The molecule has 0 spiro atoms. The molecule has 3 heterocycles. The fourth-order valence-electron chi connectivity index (χ4n) is 2.65. The van der Waals surface area contributed by atoms with Gasteiger partial charge in [-0.3, -0.25) is 4.79 Å². The largest absolute Gasteiger partial charge is 0.459 e. The zero-order chi connectivity index (χ0) is 16.8. The summed E-state index contributed by atoms with van der Waals surface area (Å²) in [6.45, 7) is 6.44. The fraction of sp³-hybridized carbons (Fsp3) is 0.412. The van der Waals surface area contributed by atoms with Crippen LogP contribution in [0.5, 0.6) is 0 Å². The maximum Gasteiger partial charge on any atom is 0.289 e. The highest BCUT2D eigenvalue weighted by atomic mass is 32.1. The Morgan fingerprint density at radius 2 is 2.08 bits per heavy atom. The van der Waals surface area contributed by atoms with Gasteiger partial charge in [-0.2, -0.15) is 11.3 Å². The van der Waals surface area contributed by atoms with E-state index in [-0.39, 0.29) is 5.91 Å². The van der Waals surface area contributed by atoms with Crippen molar-refractivity contribution in [2.24, 2.45) is 4.99 Å². The monoisotopic (exact) mass is 346 g/mol. The average Bonchev–Trinajstić information content (AvgIpc) is 3.31. The standard InChI is InChI=1S/C17H22N4O2S/c1-2-18-17(19-12-14-5-11-24-13-14)21-8-6-20(7-9-21)16(22)15-4-3-10-23-15/h3-5,10-11,13H,2,6-9,12H2,1H3,(H,18,19). The minimum Gasteiger partial charge on any atom is -0.459 e. The van der Waals surface area contributed by atoms with E-state index < -0.39 is 0 Å². The lowest BCUT2D eigenvalue weighted by Gasteiger charge is -2.36. The molecule has 6 nitrogen and oxygen atoms in total. The number of guanidine groups is 1. The second-order valence-electron chi connectivity index (χ2n) is 5.56. The van der Waals surface area contributed by atoms with Gasteiger partial charge in [0.05, 0.1) is 12.8 Å². The Labute approximate surface area is 145 Å². The predicted octanol–water partition coefficient (Wildman–Crippen LogP) is 2.26. The van der Waals surface area contributed by atoms with Gasteiger partial charge < -0.3 is 19.5 Å². The van der Waals surface area contributed by atoms with Crippen molar-refractivity contribution in [1.82, 2.24) is 15.1 Å². The summed E-state index contributed by atoms with van der Waals surface area (Å²) < 4.78 is 5.20. The number of hydrogen-bond donors (Lipinski definition) is 1. The van der Waals surface area contributed by atoms with Gasteiger partial charge in [-0.1, -0.05) is 0 Å². The van der Waals surface area contributed by atoms with E-state index in [1.807, 2.05) is 4.90 Å². The highest BCUT2D eigenvalue weighted by Crippen LogP contribution is 2.11. The number of nitrogens with zero attached hydrogens (tertiary/aromatic N) is 3. The minimum atomic E-state index is -0.0418. The molecule has 0 bridgehead atoms. The number of hydrogen-bond acceptors (Lipinski definition) is 4. The van der Waals surface area contributed by atoms with Gasteiger partial charge in [-0.25, -0.2) is 4.99 Å². The molecule has 7 heteroatoms. The minimum absolute atomic E-state index is 0.0418. The molecule has 0 radical (unpaired) electrons. The Hall–Kier alpha value is -2.28. The quantitative estimate of drug-likeness (QED) is 0.681. The molecule has 0 atom stereocenters. The molecule has 1 fully saturated rings. The predicted molar refractivity (Wildman–Crippen MR) is 95.3 cm³/mol. The van der Waals surface area contributed by atoms with Crippen molar-refractivity contribution in [3.8, 4) is 0 Å². The van der Waals surface area contributed by atoms with Crippen LogP contribution in [-0.2, 0) is 6.54 Å². The molecule has 24 heavy (non-hydrogen) atoms. The molecule has 3 rings (SSSR count). The van der Waals surface area contributed by atoms with Crippen LogP contribution in [0.25, 0.3) is 0 Å². The molecule has 0 aliphatic carbocycles. The van der Waals surface area contributed by atoms with Crippen LogP contribution in [0, 0.1) is 0 Å². The Bertz CT molecular complexity index is 659. The molecule has 1 amide bonds. The van der Waals surface area contributed by atoms with E-state index >= 15 is 0 Å². The van der Waals surface area contributed by atoms with Gasteiger partial charge in [0, 0.05) is 32.7 Å². The number of rotatable bonds is 4. The molecule has 128 valence electrons. The van der Waals surface area contributed by atoms with Crippen LogP contribution >= 0.6 is 11.3 Å². The Morgan fingerprint density at radius 1 is 1.29 bits per heavy atom. The lowest BCUT2D eigenvalue weighted by atomic mass is 10.3. The van der Waals surface area contributed by atoms with Gasteiger partial charge in [0.25, 0.3) is 5.91 Å². The number of amides is 1. The van der Waals surface area contributed by atoms with Crippen molar-refractivity contribution in [2.75, 3.05) is 32.7 Å². The Kier molecular flexibility index (Phi) is 5.53. The number of thiophene rings is 1. The first-order valence-corrected chi connectivity index (χ1v) is 9.09. The van der Waals surface area contributed by atoms with Gasteiger partial charge in [-0.15, -0.1) is 0 Å². The summed E-state index contributed by atoms with van der Waals surface area (Å²) in [4.78, 5) is 21.1. The van der Waals surface area contributed by atoms with Crippen LogP contribution in [0.15, 0.2) is 44.6 Å². The maximum atomic E-state index is 12.3. The number of piperazine rings is 1. The number of carbonyl (C=O) groups excluding carboxylic acids is 1. The number of furan rings is 1. The number of aliphatic imine (C=N–C) groups is 1. The molecular weight excluding hydrogens is 324 g/mol. The summed E-state index contributed by atoms with van der Waals surface area (Å²) in [5.74, 6) is 1.27. The normalized spacial score (nSPS) is 15.6.